The molecule has 6 heteroatoms. The molecule has 1 N–H and O–H groups in total. The van der Waals surface area contributed by atoms with E-state index >= 15 is 0 Å². The van der Waals surface area contributed by atoms with Crippen LogP contribution in [0, 0.1) is 0 Å². The Morgan fingerprint density at radius 2 is 1.56 bits per heavy atom. The second-order valence-corrected chi connectivity index (χ2v) is 5.36. The number of carbonyl (C=O) groups excluding carboxylic acids is 3. The van der Waals surface area contributed by atoms with Crippen molar-refractivity contribution in [1.29, 1.82) is 0 Å². The molecule has 0 aliphatic carbocycles. The van der Waals surface area contributed by atoms with E-state index in [0.29, 0.717) is 17.1 Å². The molecule has 0 heterocycles. The van der Waals surface area contributed by atoms with Gasteiger partial charge in [0.05, 0.1) is 0 Å². The van der Waals surface area contributed by atoms with Crippen molar-refractivity contribution >= 4 is 17.7 Å². The number of ketones is 1. The van der Waals surface area contributed by atoms with E-state index in [2.05, 4.69) is 5.32 Å². The maximum Gasteiger partial charge on any atom is 0.326 e. The molecule has 0 saturated carbocycles. The number of benzene rings is 2. The van der Waals surface area contributed by atoms with Crippen LogP contribution in [0.1, 0.15) is 24.2 Å². The van der Waals surface area contributed by atoms with Gasteiger partial charge in [-0.25, -0.2) is 0 Å². The Labute approximate surface area is 145 Å². The molecule has 1 unspecified atom stereocenters. The molecule has 0 spiro atoms. The summed E-state index contributed by atoms with van der Waals surface area (Å²) in [5, 5.41) is 2.45. The highest BCUT2D eigenvalue weighted by molar-refractivity contribution is 5.96. The number of esters is 1. The summed E-state index contributed by atoms with van der Waals surface area (Å²) in [6.07, 6.45) is -0.821. The Bertz CT molecular complexity index is 740. The Balaban J connectivity index is 1.86. The van der Waals surface area contributed by atoms with Crippen LogP contribution >= 0.6 is 0 Å². The van der Waals surface area contributed by atoms with Crippen LogP contribution in [0.2, 0.25) is 0 Å². The van der Waals surface area contributed by atoms with E-state index < -0.39 is 18.0 Å². The van der Waals surface area contributed by atoms with Gasteiger partial charge in [0, 0.05) is 5.56 Å². The molecule has 1 atom stereocenters. The highest BCUT2D eigenvalue weighted by atomic mass is 16.5. The first-order valence-electron chi connectivity index (χ1n) is 7.77. The van der Waals surface area contributed by atoms with Gasteiger partial charge in [-0.1, -0.05) is 18.2 Å². The Morgan fingerprint density at radius 3 is 2.16 bits per heavy atom. The van der Waals surface area contributed by atoms with Gasteiger partial charge in [0.25, 0.3) is 5.91 Å². The van der Waals surface area contributed by atoms with Gasteiger partial charge >= 0.3 is 5.97 Å². The number of amides is 1. The number of para-hydroxylation sites is 1. The average Bonchev–Trinajstić information content (AvgIpc) is 2.61. The summed E-state index contributed by atoms with van der Waals surface area (Å²) in [5.41, 5.74) is 0.382. The predicted molar refractivity (Wildman–Crippen MR) is 91.5 cm³/mol. The van der Waals surface area contributed by atoms with Crippen LogP contribution in [-0.4, -0.2) is 30.3 Å². The van der Waals surface area contributed by atoms with Gasteiger partial charge in [-0.3, -0.25) is 14.4 Å². The zero-order chi connectivity index (χ0) is 18.2. The summed E-state index contributed by atoms with van der Waals surface area (Å²) in [6.45, 7) is 2.50. The first-order valence-corrected chi connectivity index (χ1v) is 7.77. The van der Waals surface area contributed by atoms with Gasteiger partial charge in [0.1, 0.15) is 18.0 Å². The van der Waals surface area contributed by atoms with Crippen molar-refractivity contribution < 1.29 is 23.9 Å². The smallest absolute Gasteiger partial charge is 0.326 e. The Kier molecular flexibility index (Phi) is 6.28. The normalized spacial score (nSPS) is 11.3. The van der Waals surface area contributed by atoms with Crippen LogP contribution in [0.3, 0.4) is 0 Å². The fourth-order valence-electron chi connectivity index (χ4n) is 1.88. The van der Waals surface area contributed by atoms with E-state index in [9.17, 15) is 14.4 Å². The summed E-state index contributed by atoms with van der Waals surface area (Å²) in [7, 11) is 0. The molecular formula is C19H19NO5. The van der Waals surface area contributed by atoms with Crippen LogP contribution in [0.25, 0.3) is 0 Å². The number of Topliss-reactive ketones (excluding diaryl/α,β-unsaturated/α-hetero) is 1. The van der Waals surface area contributed by atoms with E-state index in [1.54, 1.807) is 24.3 Å². The van der Waals surface area contributed by atoms with Crippen molar-refractivity contribution in [1.82, 2.24) is 5.32 Å². The minimum Gasteiger partial charge on any atom is -0.457 e. The second-order valence-electron chi connectivity index (χ2n) is 5.36. The molecule has 0 bridgehead atoms. The van der Waals surface area contributed by atoms with Crippen LogP contribution in [0.15, 0.2) is 54.6 Å². The maximum absolute atomic E-state index is 12.0. The molecule has 1 amide bonds. The molecule has 25 heavy (non-hydrogen) atoms. The number of ether oxygens (including phenoxy) is 2. The SMILES string of the molecule is CC(=O)C(C)OC(=O)CNC(=O)c1ccc(Oc2ccccc2)cc1. The predicted octanol–water partition coefficient (Wildman–Crippen LogP) is 2.73. The highest BCUT2D eigenvalue weighted by Crippen LogP contribution is 2.21. The lowest BCUT2D eigenvalue weighted by Crippen LogP contribution is -2.33. The second kappa shape index (κ2) is 8.63. The first kappa shape index (κ1) is 18.2. The Morgan fingerprint density at radius 1 is 0.960 bits per heavy atom. The number of rotatable bonds is 7. The van der Waals surface area contributed by atoms with Crippen LogP contribution < -0.4 is 10.1 Å². The topological polar surface area (TPSA) is 81.7 Å². The average molecular weight is 341 g/mol. The summed E-state index contributed by atoms with van der Waals surface area (Å²) in [5.74, 6) is -0.0491. The third-order valence-corrected chi connectivity index (χ3v) is 3.37. The zero-order valence-electron chi connectivity index (χ0n) is 14.0. The zero-order valence-corrected chi connectivity index (χ0v) is 14.0. The Hall–Kier alpha value is -3.15. The summed E-state index contributed by atoms with van der Waals surface area (Å²) in [4.78, 5) is 34.6. The van der Waals surface area contributed by atoms with Crippen molar-refractivity contribution in [3.63, 3.8) is 0 Å². The van der Waals surface area contributed by atoms with Crippen LogP contribution in [0.5, 0.6) is 11.5 Å². The fraction of sp³-hybridized carbons (Fsp3) is 0.211. The van der Waals surface area contributed by atoms with Gasteiger partial charge < -0.3 is 14.8 Å². The molecule has 2 aromatic carbocycles. The van der Waals surface area contributed by atoms with Gasteiger partial charge in [-0.2, -0.15) is 0 Å². The first-order chi connectivity index (χ1) is 12.0. The standard InChI is InChI=1S/C19H19NO5/c1-13(21)14(2)24-18(22)12-20-19(23)15-8-10-17(11-9-15)25-16-6-4-3-5-7-16/h3-11,14H,12H2,1-2H3,(H,20,23). The lowest BCUT2D eigenvalue weighted by atomic mass is 10.2. The minimum absolute atomic E-state index is 0.256. The number of hydrogen-bond acceptors (Lipinski definition) is 5. The number of nitrogens with one attached hydrogen (secondary N) is 1. The molecule has 0 fully saturated rings. The van der Waals surface area contributed by atoms with Crippen molar-refractivity contribution in [2.24, 2.45) is 0 Å². The minimum atomic E-state index is -0.821. The third kappa shape index (κ3) is 5.76. The van der Waals surface area contributed by atoms with E-state index in [1.807, 2.05) is 30.3 Å². The monoisotopic (exact) mass is 341 g/mol. The summed E-state index contributed by atoms with van der Waals surface area (Å²) in [6, 6.07) is 15.8. The molecule has 0 saturated heterocycles. The number of carbonyl (C=O) groups is 3. The van der Waals surface area contributed by atoms with Gasteiger partial charge in [0.2, 0.25) is 0 Å². The molecule has 0 aromatic heterocycles. The molecule has 0 aliphatic heterocycles. The van der Waals surface area contributed by atoms with Crippen molar-refractivity contribution in [2.45, 2.75) is 20.0 Å². The van der Waals surface area contributed by atoms with Gasteiger partial charge in [-0.15, -0.1) is 0 Å². The molecule has 0 radical (unpaired) electrons. The summed E-state index contributed by atoms with van der Waals surface area (Å²) >= 11 is 0. The fourth-order valence-corrected chi connectivity index (χ4v) is 1.88. The molecule has 2 rings (SSSR count). The molecule has 6 nitrogen and oxygen atoms in total. The summed E-state index contributed by atoms with van der Waals surface area (Å²) < 4.78 is 10.5. The molecule has 130 valence electrons. The van der Waals surface area contributed by atoms with Crippen molar-refractivity contribution in [3.8, 4) is 11.5 Å². The van der Waals surface area contributed by atoms with E-state index in [0.717, 1.165) is 0 Å². The van der Waals surface area contributed by atoms with E-state index in [4.69, 9.17) is 9.47 Å². The molecule has 2 aromatic rings. The van der Waals surface area contributed by atoms with Gasteiger partial charge in [-0.05, 0) is 50.2 Å². The van der Waals surface area contributed by atoms with Crippen LogP contribution in [-0.2, 0) is 14.3 Å². The van der Waals surface area contributed by atoms with E-state index in [1.165, 1.54) is 13.8 Å². The van der Waals surface area contributed by atoms with Crippen molar-refractivity contribution in [2.75, 3.05) is 6.54 Å². The highest BCUT2D eigenvalue weighted by Gasteiger charge is 2.14. The quantitative estimate of drug-likeness (QED) is 0.783. The maximum atomic E-state index is 12.0. The lowest BCUT2D eigenvalue weighted by Gasteiger charge is -2.11. The third-order valence-electron chi connectivity index (χ3n) is 3.37. The van der Waals surface area contributed by atoms with Crippen molar-refractivity contribution in [3.05, 3.63) is 60.2 Å². The van der Waals surface area contributed by atoms with Gasteiger partial charge in [0.15, 0.2) is 11.9 Å². The van der Waals surface area contributed by atoms with E-state index in [-0.39, 0.29) is 12.3 Å². The van der Waals surface area contributed by atoms with Crippen LogP contribution in [0.4, 0.5) is 0 Å². The lowest BCUT2D eigenvalue weighted by molar-refractivity contribution is -0.152. The largest absolute Gasteiger partial charge is 0.457 e. The molecule has 0 aliphatic rings. The molecular weight excluding hydrogens is 322 g/mol. The number of hydrogen-bond donors (Lipinski definition) is 1.